The van der Waals surface area contributed by atoms with Crippen LogP contribution in [0.2, 0.25) is 0 Å². The van der Waals surface area contributed by atoms with Gasteiger partial charge in [0.25, 0.3) is 11.8 Å². The molecule has 1 aromatic carbocycles. The van der Waals surface area contributed by atoms with Crippen LogP contribution in [0.1, 0.15) is 29.3 Å². The van der Waals surface area contributed by atoms with Crippen LogP contribution in [-0.2, 0) is 38.5 Å². The van der Waals surface area contributed by atoms with Crippen LogP contribution in [0.4, 0.5) is 4.79 Å². The van der Waals surface area contributed by atoms with Gasteiger partial charge in [0.15, 0.2) is 6.61 Å². The van der Waals surface area contributed by atoms with Crippen LogP contribution in [0.5, 0.6) is 0 Å². The van der Waals surface area contributed by atoms with Crippen molar-refractivity contribution in [3.63, 3.8) is 0 Å². The van der Waals surface area contributed by atoms with Crippen molar-refractivity contribution in [1.29, 1.82) is 0 Å². The molecule has 8 nitrogen and oxygen atoms in total. The smallest absolute Gasteiger partial charge is 0.326 e. The molecular formula is C23H25N3O5S. The fourth-order valence-electron chi connectivity index (χ4n) is 3.97. The topological polar surface area (TPSA) is 96.0 Å². The maximum atomic E-state index is 12.8. The Kier molecular flexibility index (Phi) is 6.27. The number of hydrogen-bond acceptors (Lipinski definition) is 6. The van der Waals surface area contributed by atoms with Crippen LogP contribution in [0.3, 0.4) is 0 Å². The number of nitrogens with one attached hydrogen (secondary N) is 1. The number of ether oxygens (including phenoxy) is 1. The standard InChI is InChI=1S/C23H25N3O5S/c1-23(10-7-16-5-3-2-4-6-16)21(29)26(22(30)24-23)14-20(28)31-15-19(27)25-11-8-18-17(13-25)9-12-32-18/h2-6,9,12H,7-8,10-11,13-15H2,1H3,(H,24,30). The minimum atomic E-state index is -1.09. The van der Waals surface area contributed by atoms with Crippen LogP contribution in [0.25, 0.3) is 0 Å². The van der Waals surface area contributed by atoms with E-state index in [4.69, 9.17) is 4.74 Å². The molecule has 0 bridgehead atoms. The Bertz CT molecular complexity index is 1040. The number of benzene rings is 1. The van der Waals surface area contributed by atoms with E-state index in [9.17, 15) is 19.2 Å². The van der Waals surface area contributed by atoms with Gasteiger partial charge in [-0.25, -0.2) is 4.79 Å². The van der Waals surface area contributed by atoms with Crippen LogP contribution < -0.4 is 5.32 Å². The zero-order valence-corrected chi connectivity index (χ0v) is 18.7. The van der Waals surface area contributed by atoms with Gasteiger partial charge in [-0.3, -0.25) is 19.3 Å². The number of imide groups is 1. The molecule has 0 spiro atoms. The summed E-state index contributed by atoms with van der Waals surface area (Å²) >= 11 is 1.68. The molecule has 1 N–H and O–H groups in total. The molecule has 1 atom stereocenters. The number of nitrogens with zero attached hydrogens (tertiary/aromatic N) is 2. The predicted molar refractivity (Wildman–Crippen MR) is 118 cm³/mol. The van der Waals surface area contributed by atoms with Gasteiger partial charge in [0.2, 0.25) is 0 Å². The molecule has 1 saturated heterocycles. The third kappa shape index (κ3) is 4.67. The van der Waals surface area contributed by atoms with Crippen molar-refractivity contribution in [3.8, 4) is 0 Å². The van der Waals surface area contributed by atoms with Crippen molar-refractivity contribution in [1.82, 2.24) is 15.1 Å². The van der Waals surface area contributed by atoms with Crippen molar-refractivity contribution in [2.45, 2.75) is 38.3 Å². The SMILES string of the molecule is CC1(CCc2ccccc2)NC(=O)N(CC(=O)OCC(=O)N2CCc3sccc3C2)C1=O. The highest BCUT2D eigenvalue weighted by Gasteiger charge is 2.48. The molecule has 2 aliphatic heterocycles. The number of carbonyl (C=O) groups is 4. The molecule has 0 aliphatic carbocycles. The maximum absolute atomic E-state index is 12.8. The molecule has 0 radical (unpaired) electrons. The molecular weight excluding hydrogens is 430 g/mol. The number of carbonyl (C=O) groups excluding carboxylic acids is 4. The lowest BCUT2D eigenvalue weighted by Gasteiger charge is -2.26. The van der Waals surface area contributed by atoms with E-state index in [2.05, 4.69) is 5.32 Å². The van der Waals surface area contributed by atoms with E-state index in [1.807, 2.05) is 41.8 Å². The second kappa shape index (κ2) is 9.12. The van der Waals surface area contributed by atoms with Crippen LogP contribution in [0.15, 0.2) is 41.8 Å². The molecule has 2 aliphatic rings. The summed E-state index contributed by atoms with van der Waals surface area (Å²) in [5, 5.41) is 4.69. The number of aryl methyl sites for hydroxylation is 1. The van der Waals surface area contributed by atoms with Gasteiger partial charge in [-0.2, -0.15) is 0 Å². The fraction of sp³-hybridized carbons (Fsp3) is 0.391. The summed E-state index contributed by atoms with van der Waals surface area (Å²) in [6, 6.07) is 11.0. The average Bonchev–Trinajstić information content (AvgIpc) is 3.35. The molecule has 9 heteroatoms. The third-order valence-corrected chi connectivity index (χ3v) is 6.93. The summed E-state index contributed by atoms with van der Waals surface area (Å²) in [4.78, 5) is 53.6. The van der Waals surface area contributed by atoms with Crippen molar-refractivity contribution >= 4 is 35.2 Å². The summed E-state index contributed by atoms with van der Waals surface area (Å²) < 4.78 is 5.08. The molecule has 4 rings (SSSR count). The molecule has 1 unspecified atom stereocenters. The Morgan fingerprint density at radius 3 is 2.75 bits per heavy atom. The van der Waals surface area contributed by atoms with Crippen molar-refractivity contribution < 1.29 is 23.9 Å². The summed E-state index contributed by atoms with van der Waals surface area (Å²) in [5.74, 6) is -1.55. The van der Waals surface area contributed by atoms with Crippen LogP contribution >= 0.6 is 11.3 Å². The van der Waals surface area contributed by atoms with Gasteiger partial charge in [0, 0.05) is 18.0 Å². The molecule has 3 heterocycles. The summed E-state index contributed by atoms with van der Waals surface area (Å²) in [5.41, 5.74) is 1.09. The summed E-state index contributed by atoms with van der Waals surface area (Å²) in [6.07, 6.45) is 1.81. The van der Waals surface area contributed by atoms with Crippen LogP contribution in [-0.4, -0.2) is 58.8 Å². The first-order valence-electron chi connectivity index (χ1n) is 10.5. The van der Waals surface area contributed by atoms with Gasteiger partial charge in [0.05, 0.1) is 0 Å². The van der Waals surface area contributed by atoms with Gasteiger partial charge in [-0.1, -0.05) is 30.3 Å². The highest BCUT2D eigenvalue weighted by atomic mass is 32.1. The largest absolute Gasteiger partial charge is 0.454 e. The molecule has 4 amide bonds. The van der Waals surface area contributed by atoms with E-state index in [1.54, 1.807) is 23.2 Å². The molecule has 32 heavy (non-hydrogen) atoms. The second-order valence-electron chi connectivity index (χ2n) is 8.23. The number of rotatable bonds is 7. The Morgan fingerprint density at radius 1 is 1.19 bits per heavy atom. The average molecular weight is 456 g/mol. The lowest BCUT2D eigenvalue weighted by Crippen LogP contribution is -2.45. The number of esters is 1. The monoisotopic (exact) mass is 455 g/mol. The first kappa shape index (κ1) is 22.0. The number of urea groups is 1. The Balaban J connectivity index is 1.27. The van der Waals surface area contributed by atoms with E-state index < -0.39 is 36.6 Å². The zero-order valence-electron chi connectivity index (χ0n) is 17.8. The minimum absolute atomic E-state index is 0.292. The van der Waals surface area contributed by atoms with E-state index in [-0.39, 0.29) is 5.91 Å². The fourth-order valence-corrected chi connectivity index (χ4v) is 4.86. The van der Waals surface area contributed by atoms with E-state index in [1.165, 1.54) is 4.88 Å². The third-order valence-electron chi connectivity index (χ3n) is 5.91. The van der Waals surface area contributed by atoms with Gasteiger partial charge in [-0.05, 0) is 48.8 Å². The number of thiophene rings is 1. The highest BCUT2D eigenvalue weighted by Crippen LogP contribution is 2.25. The Hall–Kier alpha value is -3.20. The molecule has 168 valence electrons. The number of amides is 4. The first-order chi connectivity index (χ1) is 15.4. The zero-order chi connectivity index (χ0) is 22.7. The van der Waals surface area contributed by atoms with Gasteiger partial charge in [0.1, 0.15) is 12.1 Å². The van der Waals surface area contributed by atoms with Crippen molar-refractivity contribution in [3.05, 3.63) is 57.8 Å². The maximum Gasteiger partial charge on any atom is 0.326 e. The molecule has 0 saturated carbocycles. The Morgan fingerprint density at radius 2 is 1.97 bits per heavy atom. The highest BCUT2D eigenvalue weighted by molar-refractivity contribution is 7.10. The number of fused-ring (bicyclic) bond motifs is 1. The van der Waals surface area contributed by atoms with Gasteiger partial charge < -0.3 is 15.0 Å². The first-order valence-corrected chi connectivity index (χ1v) is 11.4. The van der Waals surface area contributed by atoms with Crippen molar-refractivity contribution in [2.24, 2.45) is 0 Å². The summed E-state index contributed by atoms with van der Waals surface area (Å²) in [7, 11) is 0. The van der Waals surface area contributed by atoms with Crippen molar-refractivity contribution in [2.75, 3.05) is 19.7 Å². The van der Waals surface area contributed by atoms with Gasteiger partial charge >= 0.3 is 12.0 Å². The van der Waals surface area contributed by atoms with Crippen LogP contribution in [0, 0.1) is 0 Å². The van der Waals surface area contributed by atoms with E-state index in [0.717, 1.165) is 22.4 Å². The quantitative estimate of drug-likeness (QED) is 0.510. The van der Waals surface area contributed by atoms with Gasteiger partial charge in [-0.15, -0.1) is 11.3 Å². The molecule has 2 aromatic rings. The lowest BCUT2D eigenvalue weighted by molar-refractivity contribution is -0.154. The second-order valence-corrected chi connectivity index (χ2v) is 9.23. The Labute approximate surface area is 190 Å². The van der Waals surface area contributed by atoms with E-state index in [0.29, 0.717) is 25.9 Å². The number of hydrogen-bond donors (Lipinski definition) is 1. The lowest BCUT2D eigenvalue weighted by atomic mass is 9.93. The minimum Gasteiger partial charge on any atom is -0.454 e. The predicted octanol–water partition coefficient (Wildman–Crippen LogP) is 2.12. The molecule has 1 aromatic heterocycles. The molecule has 1 fully saturated rings. The van der Waals surface area contributed by atoms with E-state index >= 15 is 0 Å². The normalized spacial score (nSPS) is 20.2. The summed E-state index contributed by atoms with van der Waals surface area (Å²) in [6.45, 7) is 1.81.